The van der Waals surface area contributed by atoms with Crippen molar-refractivity contribution in [3.05, 3.63) is 41.2 Å². The van der Waals surface area contributed by atoms with Crippen LogP contribution >= 0.6 is 0 Å². The highest BCUT2D eigenvalue weighted by molar-refractivity contribution is 5.96. The molecule has 0 saturated heterocycles. The van der Waals surface area contributed by atoms with Crippen LogP contribution in [0.1, 0.15) is 31.2 Å². The third kappa shape index (κ3) is 1.98. The van der Waals surface area contributed by atoms with E-state index in [4.69, 9.17) is 5.11 Å². The minimum atomic E-state index is -0.919. The molecule has 0 spiro atoms. The molecule has 0 unspecified atom stereocenters. The summed E-state index contributed by atoms with van der Waals surface area (Å²) in [6, 6.07) is 6.37. The van der Waals surface area contributed by atoms with Crippen LogP contribution in [0.3, 0.4) is 0 Å². The van der Waals surface area contributed by atoms with Crippen LogP contribution in [0, 0.1) is 5.82 Å². The summed E-state index contributed by atoms with van der Waals surface area (Å²) < 4.78 is 13.6. The molecule has 0 aliphatic heterocycles. The number of benzene rings is 1. The van der Waals surface area contributed by atoms with Crippen LogP contribution in [0.15, 0.2) is 29.8 Å². The van der Waals surface area contributed by atoms with E-state index in [2.05, 4.69) is 0 Å². The lowest BCUT2D eigenvalue weighted by molar-refractivity contribution is -0.132. The van der Waals surface area contributed by atoms with Gasteiger partial charge >= 0.3 is 5.97 Å². The third-order valence-corrected chi connectivity index (χ3v) is 2.92. The summed E-state index contributed by atoms with van der Waals surface area (Å²) in [5, 5.41) is 9.08. The van der Waals surface area contributed by atoms with Crippen molar-refractivity contribution < 1.29 is 14.3 Å². The quantitative estimate of drug-likeness (QED) is 0.830. The van der Waals surface area contributed by atoms with Gasteiger partial charge in [-0.05, 0) is 37.3 Å². The van der Waals surface area contributed by atoms with Gasteiger partial charge in [-0.1, -0.05) is 18.2 Å². The summed E-state index contributed by atoms with van der Waals surface area (Å²) in [6.07, 6.45) is 3.00. The lowest BCUT2D eigenvalue weighted by atomic mass is 9.87. The Bertz CT molecular complexity index is 449. The number of carboxylic acids is 1. The highest BCUT2D eigenvalue weighted by Crippen LogP contribution is 2.33. The number of carboxylic acid groups (broad SMARTS) is 1. The Morgan fingerprint density at radius 1 is 1.19 bits per heavy atom. The zero-order chi connectivity index (χ0) is 11.5. The van der Waals surface area contributed by atoms with Gasteiger partial charge in [-0.25, -0.2) is 9.18 Å². The van der Waals surface area contributed by atoms with Crippen molar-refractivity contribution in [1.82, 2.24) is 0 Å². The van der Waals surface area contributed by atoms with Crippen LogP contribution in [-0.2, 0) is 4.79 Å². The minimum absolute atomic E-state index is 0.335. The smallest absolute Gasteiger partial charge is 0.331 e. The Kier molecular flexibility index (Phi) is 3.04. The maximum absolute atomic E-state index is 13.6. The number of rotatable bonds is 2. The predicted molar refractivity (Wildman–Crippen MR) is 59.4 cm³/mol. The van der Waals surface area contributed by atoms with Gasteiger partial charge in [-0.2, -0.15) is 0 Å². The first-order valence-corrected chi connectivity index (χ1v) is 5.40. The van der Waals surface area contributed by atoms with Gasteiger partial charge in [0.2, 0.25) is 0 Å². The highest BCUT2D eigenvalue weighted by atomic mass is 19.1. The van der Waals surface area contributed by atoms with E-state index in [1.165, 1.54) is 6.07 Å². The number of hydrogen-bond acceptors (Lipinski definition) is 1. The average molecular weight is 220 g/mol. The predicted octanol–water partition coefficient (Wildman–Crippen LogP) is 3.24. The molecule has 0 saturated carbocycles. The van der Waals surface area contributed by atoms with E-state index in [9.17, 15) is 9.18 Å². The Labute approximate surface area is 93.4 Å². The van der Waals surface area contributed by atoms with Crippen LogP contribution < -0.4 is 0 Å². The fourth-order valence-corrected chi connectivity index (χ4v) is 2.14. The number of halogens is 1. The summed E-state index contributed by atoms with van der Waals surface area (Å²) in [7, 11) is 0. The van der Waals surface area contributed by atoms with E-state index in [0.717, 1.165) is 12.8 Å². The fourth-order valence-electron chi connectivity index (χ4n) is 2.14. The summed E-state index contributed by atoms with van der Waals surface area (Å²) >= 11 is 0. The molecular weight excluding hydrogens is 207 g/mol. The van der Waals surface area contributed by atoms with Crippen LogP contribution in [0.2, 0.25) is 0 Å². The van der Waals surface area contributed by atoms with Crippen molar-refractivity contribution in [1.29, 1.82) is 0 Å². The van der Waals surface area contributed by atoms with Gasteiger partial charge in [0.05, 0.1) is 0 Å². The molecule has 16 heavy (non-hydrogen) atoms. The third-order valence-electron chi connectivity index (χ3n) is 2.92. The molecule has 0 amide bonds. The summed E-state index contributed by atoms with van der Waals surface area (Å²) in [5.74, 6) is -1.25. The van der Waals surface area contributed by atoms with Gasteiger partial charge in [-0.15, -0.1) is 0 Å². The van der Waals surface area contributed by atoms with Gasteiger partial charge in [-0.3, -0.25) is 0 Å². The SMILES string of the molecule is O=C(O)C1=C(c2ccccc2F)CCCC1. The molecule has 0 atom stereocenters. The van der Waals surface area contributed by atoms with Gasteiger partial charge in [0.25, 0.3) is 0 Å². The minimum Gasteiger partial charge on any atom is -0.478 e. The molecule has 0 aromatic heterocycles. The van der Waals surface area contributed by atoms with Crippen molar-refractivity contribution >= 4 is 11.5 Å². The standard InChI is InChI=1S/C13H13FO2/c14-12-8-4-3-6-10(12)9-5-1-2-7-11(9)13(15)16/h3-4,6,8H,1-2,5,7H2,(H,15,16). The van der Waals surface area contributed by atoms with Crippen molar-refractivity contribution in [2.45, 2.75) is 25.7 Å². The maximum atomic E-state index is 13.6. The molecule has 3 heteroatoms. The molecular formula is C13H13FO2. The molecule has 0 heterocycles. The molecule has 1 aliphatic rings. The van der Waals surface area contributed by atoms with Crippen LogP contribution in [-0.4, -0.2) is 11.1 Å². The molecule has 2 rings (SSSR count). The van der Waals surface area contributed by atoms with Crippen molar-refractivity contribution in [2.75, 3.05) is 0 Å². The number of allylic oxidation sites excluding steroid dienone is 1. The summed E-state index contributed by atoms with van der Waals surface area (Å²) in [5.41, 5.74) is 1.48. The molecule has 1 aromatic rings. The maximum Gasteiger partial charge on any atom is 0.331 e. The molecule has 2 nitrogen and oxygen atoms in total. The first-order chi connectivity index (χ1) is 7.70. The van der Waals surface area contributed by atoms with E-state index >= 15 is 0 Å². The zero-order valence-electron chi connectivity index (χ0n) is 8.87. The summed E-state index contributed by atoms with van der Waals surface area (Å²) in [6.45, 7) is 0. The first-order valence-electron chi connectivity index (χ1n) is 5.40. The Hall–Kier alpha value is -1.64. The Balaban J connectivity index is 2.52. The van der Waals surface area contributed by atoms with Crippen LogP contribution in [0.25, 0.3) is 5.57 Å². The zero-order valence-corrected chi connectivity index (χ0v) is 8.87. The Morgan fingerprint density at radius 2 is 1.88 bits per heavy atom. The molecule has 0 bridgehead atoms. The second-order valence-electron chi connectivity index (χ2n) is 3.95. The molecule has 84 valence electrons. The largest absolute Gasteiger partial charge is 0.478 e. The normalized spacial score (nSPS) is 16.3. The van der Waals surface area contributed by atoms with Gasteiger partial charge in [0, 0.05) is 11.1 Å². The fraction of sp³-hybridized carbons (Fsp3) is 0.308. The van der Waals surface area contributed by atoms with E-state index in [-0.39, 0.29) is 5.82 Å². The number of aliphatic carboxylic acids is 1. The van der Waals surface area contributed by atoms with Crippen molar-refractivity contribution in [2.24, 2.45) is 0 Å². The van der Waals surface area contributed by atoms with E-state index in [1.807, 2.05) is 0 Å². The van der Waals surface area contributed by atoms with Crippen molar-refractivity contribution in [3.63, 3.8) is 0 Å². The molecule has 1 N–H and O–H groups in total. The lowest BCUT2D eigenvalue weighted by Gasteiger charge is -2.18. The van der Waals surface area contributed by atoms with Crippen LogP contribution in [0.4, 0.5) is 4.39 Å². The van der Waals surface area contributed by atoms with Gasteiger partial charge in [0.1, 0.15) is 5.82 Å². The molecule has 1 aliphatic carbocycles. The summed E-state index contributed by atoms with van der Waals surface area (Å²) in [4.78, 5) is 11.1. The topological polar surface area (TPSA) is 37.3 Å². The average Bonchev–Trinajstić information content (AvgIpc) is 2.29. The van der Waals surface area contributed by atoms with E-state index in [1.54, 1.807) is 18.2 Å². The first kappa shape index (κ1) is 10.9. The number of carbonyl (C=O) groups is 1. The lowest BCUT2D eigenvalue weighted by Crippen LogP contribution is -2.09. The number of hydrogen-bond donors (Lipinski definition) is 1. The van der Waals surface area contributed by atoms with Crippen molar-refractivity contribution in [3.8, 4) is 0 Å². The second kappa shape index (κ2) is 4.47. The second-order valence-corrected chi connectivity index (χ2v) is 3.95. The molecule has 0 radical (unpaired) electrons. The highest BCUT2D eigenvalue weighted by Gasteiger charge is 2.21. The molecule has 0 fully saturated rings. The molecule has 1 aromatic carbocycles. The Morgan fingerprint density at radius 3 is 2.56 bits per heavy atom. The van der Waals surface area contributed by atoms with E-state index in [0.29, 0.717) is 29.6 Å². The van der Waals surface area contributed by atoms with E-state index < -0.39 is 5.97 Å². The monoisotopic (exact) mass is 220 g/mol. The van der Waals surface area contributed by atoms with Gasteiger partial charge in [0.15, 0.2) is 0 Å². The van der Waals surface area contributed by atoms with Gasteiger partial charge < -0.3 is 5.11 Å². The van der Waals surface area contributed by atoms with Crippen LogP contribution in [0.5, 0.6) is 0 Å².